The summed E-state index contributed by atoms with van der Waals surface area (Å²) in [5.74, 6) is 0.847. The van der Waals surface area contributed by atoms with E-state index in [2.05, 4.69) is 27.4 Å². The van der Waals surface area contributed by atoms with Crippen molar-refractivity contribution in [1.82, 2.24) is 15.5 Å². The van der Waals surface area contributed by atoms with Crippen molar-refractivity contribution in [3.8, 4) is 5.75 Å². The highest BCUT2D eigenvalue weighted by atomic mass is 127. The average molecular weight is 490 g/mol. The highest BCUT2D eigenvalue weighted by molar-refractivity contribution is 14.0. The summed E-state index contributed by atoms with van der Waals surface area (Å²) in [6.45, 7) is 5.89. The number of halogens is 1. The van der Waals surface area contributed by atoms with E-state index < -0.39 is 5.97 Å². The minimum atomic E-state index is -0.410. The minimum Gasteiger partial charge on any atom is -0.496 e. The van der Waals surface area contributed by atoms with Crippen molar-refractivity contribution >= 4 is 35.9 Å². The SMILES string of the molecule is CCN1CCCC1CNC(=NC)NCc1ccc(OC)c(C(=O)OC)c1.I. The van der Waals surface area contributed by atoms with Crippen molar-refractivity contribution in [3.05, 3.63) is 29.3 Å². The zero-order chi connectivity index (χ0) is 18.9. The zero-order valence-corrected chi connectivity index (χ0v) is 18.9. The van der Waals surface area contributed by atoms with Gasteiger partial charge in [0.15, 0.2) is 5.96 Å². The lowest BCUT2D eigenvalue weighted by Gasteiger charge is -2.24. The molecule has 1 heterocycles. The monoisotopic (exact) mass is 490 g/mol. The van der Waals surface area contributed by atoms with Crippen molar-refractivity contribution in [2.75, 3.05) is 40.9 Å². The van der Waals surface area contributed by atoms with Crippen molar-refractivity contribution in [3.63, 3.8) is 0 Å². The first-order chi connectivity index (χ1) is 12.6. The van der Waals surface area contributed by atoms with E-state index in [0.29, 0.717) is 23.9 Å². The third-order valence-electron chi connectivity index (χ3n) is 4.76. The Balaban J connectivity index is 0.00000364. The van der Waals surface area contributed by atoms with E-state index >= 15 is 0 Å². The van der Waals surface area contributed by atoms with Gasteiger partial charge in [-0.3, -0.25) is 9.89 Å². The van der Waals surface area contributed by atoms with Gasteiger partial charge in [-0.2, -0.15) is 0 Å². The second kappa shape index (κ2) is 12.0. The maximum atomic E-state index is 11.9. The standard InChI is InChI=1S/C19H30N4O3.HI/c1-5-23-10-6-7-15(23)13-22-19(20-2)21-12-14-8-9-17(25-3)16(11-14)18(24)26-4;/h8-9,11,15H,5-7,10,12-13H2,1-4H3,(H2,20,21,22);1H. The Bertz CT molecular complexity index is 639. The number of nitrogens with zero attached hydrogens (tertiary/aromatic N) is 2. The Morgan fingerprint density at radius 1 is 1.33 bits per heavy atom. The number of esters is 1. The molecule has 0 spiro atoms. The molecule has 1 aliphatic rings. The highest BCUT2D eigenvalue weighted by Gasteiger charge is 2.22. The molecule has 0 amide bonds. The molecule has 152 valence electrons. The maximum Gasteiger partial charge on any atom is 0.341 e. The van der Waals surface area contributed by atoms with Gasteiger partial charge in [0.1, 0.15) is 11.3 Å². The van der Waals surface area contributed by atoms with Gasteiger partial charge in [0.05, 0.1) is 14.2 Å². The second-order valence-corrected chi connectivity index (χ2v) is 6.26. The molecule has 1 aromatic carbocycles. The Kier molecular flexibility index (Phi) is 10.5. The number of hydrogen-bond acceptors (Lipinski definition) is 5. The Morgan fingerprint density at radius 3 is 2.74 bits per heavy atom. The van der Waals surface area contributed by atoms with Gasteiger partial charge in [-0.05, 0) is 43.6 Å². The number of benzene rings is 1. The maximum absolute atomic E-state index is 11.9. The number of likely N-dealkylation sites (N-methyl/N-ethyl adjacent to an activating group) is 1. The zero-order valence-electron chi connectivity index (χ0n) is 16.6. The summed E-state index contributed by atoms with van der Waals surface area (Å²) in [5, 5.41) is 6.69. The van der Waals surface area contributed by atoms with E-state index in [9.17, 15) is 4.79 Å². The summed E-state index contributed by atoms with van der Waals surface area (Å²) in [5.41, 5.74) is 1.37. The number of guanidine groups is 1. The van der Waals surface area contributed by atoms with Crippen molar-refractivity contribution in [2.24, 2.45) is 4.99 Å². The Labute approximate surface area is 178 Å². The first kappa shape index (κ1) is 23.5. The van der Waals surface area contributed by atoms with Gasteiger partial charge in [0, 0.05) is 26.2 Å². The first-order valence-electron chi connectivity index (χ1n) is 9.06. The van der Waals surface area contributed by atoms with Crippen LogP contribution >= 0.6 is 24.0 Å². The van der Waals surface area contributed by atoms with Gasteiger partial charge >= 0.3 is 5.97 Å². The smallest absolute Gasteiger partial charge is 0.341 e. The van der Waals surface area contributed by atoms with E-state index in [-0.39, 0.29) is 24.0 Å². The number of carbonyl (C=O) groups excluding carboxylic acids is 1. The number of aliphatic imine (C=N–C) groups is 1. The normalized spacial score (nSPS) is 17.2. The molecule has 1 saturated heterocycles. The van der Waals surface area contributed by atoms with Crippen LogP contribution in [0.4, 0.5) is 0 Å². The lowest BCUT2D eigenvalue weighted by Crippen LogP contribution is -2.44. The Morgan fingerprint density at radius 2 is 2.11 bits per heavy atom. The summed E-state index contributed by atoms with van der Waals surface area (Å²) in [7, 11) is 4.66. The topological polar surface area (TPSA) is 75.2 Å². The molecular weight excluding hydrogens is 459 g/mol. The van der Waals surface area contributed by atoms with Crippen LogP contribution < -0.4 is 15.4 Å². The van der Waals surface area contributed by atoms with Gasteiger partial charge in [-0.1, -0.05) is 13.0 Å². The number of rotatable bonds is 7. The van der Waals surface area contributed by atoms with Crippen LogP contribution in [0, 0.1) is 0 Å². The van der Waals surface area contributed by atoms with Crippen LogP contribution in [-0.2, 0) is 11.3 Å². The van der Waals surface area contributed by atoms with Crippen LogP contribution in [-0.4, -0.2) is 63.8 Å². The summed E-state index contributed by atoms with van der Waals surface area (Å²) in [4.78, 5) is 18.7. The third kappa shape index (κ3) is 6.53. The molecule has 0 saturated carbocycles. The molecular formula is C19H31IN4O3. The van der Waals surface area contributed by atoms with Crippen LogP contribution in [0.15, 0.2) is 23.2 Å². The second-order valence-electron chi connectivity index (χ2n) is 6.26. The van der Waals surface area contributed by atoms with Crippen LogP contribution in [0.5, 0.6) is 5.75 Å². The molecule has 1 aromatic rings. The van der Waals surface area contributed by atoms with Gasteiger partial charge in [0.25, 0.3) is 0 Å². The number of methoxy groups -OCH3 is 2. The largest absolute Gasteiger partial charge is 0.496 e. The number of ether oxygens (including phenoxy) is 2. The van der Waals surface area contributed by atoms with E-state index in [1.807, 2.05) is 6.07 Å². The Hall–Kier alpha value is -1.55. The molecule has 1 aliphatic heterocycles. The van der Waals surface area contributed by atoms with Crippen LogP contribution in [0.1, 0.15) is 35.7 Å². The molecule has 1 atom stereocenters. The number of nitrogens with one attached hydrogen (secondary N) is 2. The minimum absolute atomic E-state index is 0. The summed E-state index contributed by atoms with van der Waals surface area (Å²) < 4.78 is 10.0. The summed E-state index contributed by atoms with van der Waals surface area (Å²) >= 11 is 0. The van der Waals surface area contributed by atoms with E-state index in [1.54, 1.807) is 19.2 Å². The van der Waals surface area contributed by atoms with Gasteiger partial charge in [-0.25, -0.2) is 4.79 Å². The van der Waals surface area contributed by atoms with Crippen LogP contribution in [0.3, 0.4) is 0 Å². The van der Waals surface area contributed by atoms with Gasteiger partial charge in [0.2, 0.25) is 0 Å². The van der Waals surface area contributed by atoms with E-state index in [0.717, 1.165) is 24.6 Å². The molecule has 2 N–H and O–H groups in total. The fourth-order valence-electron chi connectivity index (χ4n) is 3.30. The molecule has 2 rings (SSSR count). The van der Waals surface area contributed by atoms with Crippen molar-refractivity contribution < 1.29 is 14.3 Å². The van der Waals surface area contributed by atoms with Gasteiger partial charge in [-0.15, -0.1) is 24.0 Å². The van der Waals surface area contributed by atoms with Crippen molar-refractivity contribution in [2.45, 2.75) is 32.4 Å². The average Bonchev–Trinajstić information content (AvgIpc) is 3.14. The first-order valence-corrected chi connectivity index (χ1v) is 9.06. The predicted octanol–water partition coefficient (Wildman–Crippen LogP) is 2.25. The van der Waals surface area contributed by atoms with E-state index in [4.69, 9.17) is 9.47 Å². The van der Waals surface area contributed by atoms with Crippen LogP contribution in [0.25, 0.3) is 0 Å². The van der Waals surface area contributed by atoms with Crippen molar-refractivity contribution in [1.29, 1.82) is 0 Å². The summed E-state index contributed by atoms with van der Waals surface area (Å²) in [6, 6.07) is 6.03. The number of carbonyl (C=O) groups is 1. The fourth-order valence-corrected chi connectivity index (χ4v) is 3.30. The fraction of sp³-hybridized carbons (Fsp3) is 0.579. The molecule has 0 aliphatic carbocycles. The molecule has 7 nitrogen and oxygen atoms in total. The molecule has 27 heavy (non-hydrogen) atoms. The van der Waals surface area contributed by atoms with Gasteiger partial charge < -0.3 is 20.1 Å². The molecule has 8 heteroatoms. The number of likely N-dealkylation sites (tertiary alicyclic amines) is 1. The molecule has 1 fully saturated rings. The molecule has 0 aromatic heterocycles. The molecule has 0 bridgehead atoms. The third-order valence-corrected chi connectivity index (χ3v) is 4.76. The lowest BCUT2D eigenvalue weighted by molar-refractivity contribution is 0.0597. The lowest BCUT2D eigenvalue weighted by atomic mass is 10.1. The number of hydrogen-bond donors (Lipinski definition) is 2. The van der Waals surface area contributed by atoms with Crippen LogP contribution in [0.2, 0.25) is 0 Å². The predicted molar refractivity (Wildman–Crippen MR) is 118 cm³/mol. The highest BCUT2D eigenvalue weighted by Crippen LogP contribution is 2.20. The molecule has 0 radical (unpaired) electrons. The summed E-state index contributed by atoms with van der Waals surface area (Å²) in [6.07, 6.45) is 2.48. The quantitative estimate of drug-likeness (QED) is 0.265. The molecule has 1 unspecified atom stereocenters. The van der Waals surface area contributed by atoms with E-state index in [1.165, 1.54) is 33.6 Å².